The Hall–Kier alpha value is -3.62. The molecule has 2 aliphatic heterocycles. The molecule has 1 atom stereocenters. The number of rotatable bonds is 4. The van der Waals surface area contributed by atoms with Gasteiger partial charge < -0.3 is 19.7 Å². The van der Waals surface area contributed by atoms with Gasteiger partial charge in [0, 0.05) is 36.9 Å². The third-order valence-corrected chi connectivity index (χ3v) is 4.85. The lowest BCUT2D eigenvalue weighted by Crippen LogP contribution is -2.28. The first-order chi connectivity index (χ1) is 13.4. The molecular weight excluding hydrogens is 366 g/mol. The van der Waals surface area contributed by atoms with E-state index < -0.39 is 10.8 Å². The highest BCUT2D eigenvalue weighted by molar-refractivity contribution is 6.04. The standard InChI is InChI=1S/C19H17N3O6/c1-11-2-3-14(22(25)26)7-15(11)20-19(24)12-6-18(23)21(9-12)13-4-5-16-17(8-13)28-10-27-16/h2-5,7-8,12H,6,9-10H2,1H3,(H,20,24). The number of hydrogen-bond donors (Lipinski definition) is 1. The maximum atomic E-state index is 12.7. The largest absolute Gasteiger partial charge is 0.454 e. The lowest BCUT2D eigenvalue weighted by molar-refractivity contribution is -0.384. The minimum atomic E-state index is -0.559. The van der Waals surface area contributed by atoms with E-state index in [4.69, 9.17) is 9.47 Å². The molecule has 2 heterocycles. The van der Waals surface area contributed by atoms with Crippen molar-refractivity contribution in [1.29, 1.82) is 0 Å². The van der Waals surface area contributed by atoms with Crippen molar-refractivity contribution >= 4 is 28.9 Å². The molecule has 0 bridgehead atoms. The molecule has 1 unspecified atom stereocenters. The molecular formula is C19H17N3O6. The number of non-ortho nitro benzene ring substituents is 1. The zero-order chi connectivity index (χ0) is 19.8. The number of aryl methyl sites for hydroxylation is 1. The van der Waals surface area contributed by atoms with Crippen LogP contribution in [-0.2, 0) is 9.59 Å². The van der Waals surface area contributed by atoms with Crippen molar-refractivity contribution in [3.63, 3.8) is 0 Å². The van der Waals surface area contributed by atoms with Crippen LogP contribution in [-0.4, -0.2) is 30.1 Å². The molecule has 2 aromatic rings. The Morgan fingerprint density at radius 2 is 2.00 bits per heavy atom. The number of benzene rings is 2. The summed E-state index contributed by atoms with van der Waals surface area (Å²) in [6.07, 6.45) is 0.0637. The van der Waals surface area contributed by atoms with E-state index in [9.17, 15) is 19.7 Å². The fourth-order valence-electron chi connectivity index (χ4n) is 3.28. The topological polar surface area (TPSA) is 111 Å². The molecule has 0 saturated carbocycles. The summed E-state index contributed by atoms with van der Waals surface area (Å²) in [7, 11) is 0. The fraction of sp³-hybridized carbons (Fsp3) is 0.263. The number of nitrogens with zero attached hydrogens (tertiary/aromatic N) is 2. The highest BCUT2D eigenvalue weighted by Crippen LogP contribution is 2.37. The third kappa shape index (κ3) is 3.22. The molecule has 28 heavy (non-hydrogen) atoms. The van der Waals surface area contributed by atoms with Crippen molar-refractivity contribution in [3.8, 4) is 11.5 Å². The van der Waals surface area contributed by atoms with E-state index in [0.29, 0.717) is 28.4 Å². The van der Waals surface area contributed by atoms with Crippen LogP contribution in [0.1, 0.15) is 12.0 Å². The molecule has 2 aliphatic rings. The van der Waals surface area contributed by atoms with E-state index in [2.05, 4.69) is 5.32 Å². The van der Waals surface area contributed by atoms with Gasteiger partial charge in [-0.15, -0.1) is 0 Å². The van der Waals surface area contributed by atoms with Crippen molar-refractivity contribution in [2.45, 2.75) is 13.3 Å². The minimum Gasteiger partial charge on any atom is -0.454 e. The number of amides is 2. The lowest BCUT2D eigenvalue weighted by atomic mass is 10.1. The van der Waals surface area contributed by atoms with Crippen LogP contribution < -0.4 is 19.7 Å². The predicted molar refractivity (Wildman–Crippen MR) is 99.5 cm³/mol. The van der Waals surface area contributed by atoms with E-state index in [0.717, 1.165) is 0 Å². The van der Waals surface area contributed by atoms with Crippen LogP contribution in [0.4, 0.5) is 17.1 Å². The molecule has 1 N–H and O–H groups in total. The zero-order valence-corrected chi connectivity index (χ0v) is 15.0. The predicted octanol–water partition coefficient (Wildman–Crippen LogP) is 2.62. The molecule has 1 fully saturated rings. The van der Waals surface area contributed by atoms with Gasteiger partial charge in [0.05, 0.1) is 16.5 Å². The Morgan fingerprint density at radius 1 is 1.21 bits per heavy atom. The van der Waals surface area contributed by atoms with Crippen LogP contribution in [0.5, 0.6) is 11.5 Å². The van der Waals surface area contributed by atoms with Crippen LogP contribution in [0.2, 0.25) is 0 Å². The van der Waals surface area contributed by atoms with Crippen molar-refractivity contribution in [3.05, 3.63) is 52.1 Å². The number of ether oxygens (including phenoxy) is 2. The van der Waals surface area contributed by atoms with Crippen molar-refractivity contribution in [1.82, 2.24) is 0 Å². The molecule has 144 valence electrons. The smallest absolute Gasteiger partial charge is 0.271 e. The molecule has 0 aliphatic carbocycles. The number of anilines is 2. The number of fused-ring (bicyclic) bond motifs is 1. The summed E-state index contributed by atoms with van der Waals surface area (Å²) in [5.41, 5.74) is 1.60. The minimum absolute atomic E-state index is 0.0637. The molecule has 9 heteroatoms. The van der Waals surface area contributed by atoms with Gasteiger partial charge >= 0.3 is 0 Å². The Morgan fingerprint density at radius 3 is 2.79 bits per heavy atom. The van der Waals surface area contributed by atoms with Gasteiger partial charge in [0.1, 0.15) is 0 Å². The van der Waals surface area contributed by atoms with Crippen LogP contribution in [0, 0.1) is 23.0 Å². The Labute approximate surface area is 160 Å². The van der Waals surface area contributed by atoms with Crippen LogP contribution in [0.15, 0.2) is 36.4 Å². The number of carbonyl (C=O) groups excluding carboxylic acids is 2. The van der Waals surface area contributed by atoms with Crippen LogP contribution >= 0.6 is 0 Å². The van der Waals surface area contributed by atoms with Crippen molar-refractivity contribution < 1.29 is 24.0 Å². The average Bonchev–Trinajstić information content (AvgIpc) is 3.29. The molecule has 1 saturated heterocycles. The van der Waals surface area contributed by atoms with Gasteiger partial charge in [-0.25, -0.2) is 0 Å². The summed E-state index contributed by atoms with van der Waals surface area (Å²) in [5.74, 6) is 0.0998. The van der Waals surface area contributed by atoms with Crippen molar-refractivity contribution in [2.24, 2.45) is 5.92 Å². The highest BCUT2D eigenvalue weighted by atomic mass is 16.7. The maximum absolute atomic E-state index is 12.7. The van der Waals surface area contributed by atoms with Gasteiger partial charge in [0.2, 0.25) is 18.6 Å². The number of nitro groups is 1. The van der Waals surface area contributed by atoms with Gasteiger partial charge in [-0.1, -0.05) is 6.07 Å². The number of carbonyl (C=O) groups is 2. The Balaban J connectivity index is 1.49. The van der Waals surface area contributed by atoms with Crippen LogP contribution in [0.3, 0.4) is 0 Å². The Kier molecular flexibility index (Phi) is 4.34. The summed E-state index contributed by atoms with van der Waals surface area (Å²) in [6, 6.07) is 9.46. The second-order valence-electron chi connectivity index (χ2n) is 6.69. The monoisotopic (exact) mass is 383 g/mol. The summed E-state index contributed by atoms with van der Waals surface area (Å²) in [4.78, 5) is 37.1. The summed E-state index contributed by atoms with van der Waals surface area (Å²) >= 11 is 0. The molecule has 0 aromatic heterocycles. The first-order valence-electron chi connectivity index (χ1n) is 8.68. The van der Waals surface area contributed by atoms with Gasteiger partial charge in [-0.3, -0.25) is 19.7 Å². The van der Waals surface area contributed by atoms with Gasteiger partial charge in [-0.05, 0) is 24.6 Å². The molecule has 0 spiro atoms. The fourth-order valence-corrected chi connectivity index (χ4v) is 3.28. The number of nitro benzene ring substituents is 1. The average molecular weight is 383 g/mol. The first kappa shape index (κ1) is 17.8. The number of hydrogen-bond acceptors (Lipinski definition) is 6. The molecule has 2 amide bonds. The molecule has 4 rings (SSSR count). The quantitative estimate of drug-likeness (QED) is 0.642. The Bertz CT molecular complexity index is 990. The molecule has 0 radical (unpaired) electrons. The second-order valence-corrected chi connectivity index (χ2v) is 6.69. The maximum Gasteiger partial charge on any atom is 0.271 e. The summed E-state index contributed by atoms with van der Waals surface area (Å²) < 4.78 is 10.6. The highest BCUT2D eigenvalue weighted by Gasteiger charge is 2.36. The van der Waals surface area contributed by atoms with Gasteiger partial charge in [-0.2, -0.15) is 0 Å². The van der Waals surface area contributed by atoms with E-state index >= 15 is 0 Å². The normalized spacial score (nSPS) is 17.7. The first-order valence-corrected chi connectivity index (χ1v) is 8.68. The van der Waals surface area contributed by atoms with E-state index in [1.165, 1.54) is 17.0 Å². The number of nitrogens with one attached hydrogen (secondary N) is 1. The SMILES string of the molecule is Cc1ccc([N+](=O)[O-])cc1NC(=O)C1CC(=O)N(c2ccc3c(c2)OCO3)C1. The van der Waals surface area contributed by atoms with Crippen molar-refractivity contribution in [2.75, 3.05) is 23.6 Å². The molecule has 9 nitrogen and oxygen atoms in total. The van der Waals surface area contributed by atoms with Gasteiger partial charge in [0.15, 0.2) is 11.5 Å². The molecule has 2 aromatic carbocycles. The third-order valence-electron chi connectivity index (χ3n) is 4.85. The summed E-state index contributed by atoms with van der Waals surface area (Å²) in [6.45, 7) is 2.11. The van der Waals surface area contributed by atoms with Gasteiger partial charge in [0.25, 0.3) is 5.69 Å². The second kappa shape index (κ2) is 6.84. The van der Waals surface area contributed by atoms with E-state index in [1.54, 1.807) is 31.2 Å². The zero-order valence-electron chi connectivity index (χ0n) is 15.0. The van der Waals surface area contributed by atoms with E-state index in [1.807, 2.05) is 0 Å². The van der Waals surface area contributed by atoms with Crippen LogP contribution in [0.25, 0.3) is 0 Å². The summed E-state index contributed by atoms with van der Waals surface area (Å²) in [5, 5.41) is 13.7. The van der Waals surface area contributed by atoms with E-state index in [-0.39, 0.29) is 37.3 Å². The lowest BCUT2D eigenvalue weighted by Gasteiger charge is -2.17.